The Labute approximate surface area is 183 Å². The SMILES string of the molecule is O=c1[nH]c2cc(Cl)c(-c3ccc(N4CCCC(O)C4)cc3)cc2c(O)c1-n1cccn1. The third kappa shape index (κ3) is 3.56. The third-order valence-corrected chi connectivity index (χ3v) is 6.04. The maximum atomic E-state index is 12.5. The van der Waals surface area contributed by atoms with E-state index in [0.717, 1.165) is 36.2 Å². The summed E-state index contributed by atoms with van der Waals surface area (Å²) in [6.07, 6.45) is 4.66. The summed E-state index contributed by atoms with van der Waals surface area (Å²) in [5.41, 5.74) is 2.74. The lowest BCUT2D eigenvalue weighted by atomic mass is 10.0. The molecule has 0 radical (unpaired) electrons. The van der Waals surface area contributed by atoms with Crippen molar-refractivity contribution in [3.8, 4) is 22.6 Å². The molecule has 1 saturated heterocycles. The minimum atomic E-state index is -0.453. The van der Waals surface area contributed by atoms with Gasteiger partial charge in [0.2, 0.25) is 0 Å². The van der Waals surface area contributed by atoms with Gasteiger partial charge in [-0.2, -0.15) is 5.10 Å². The number of piperidine rings is 1. The fourth-order valence-electron chi connectivity index (χ4n) is 4.17. The highest BCUT2D eigenvalue weighted by atomic mass is 35.5. The minimum Gasteiger partial charge on any atom is -0.505 e. The molecule has 1 aliphatic rings. The number of hydrogen-bond donors (Lipinski definition) is 3. The highest BCUT2D eigenvalue weighted by molar-refractivity contribution is 6.34. The Morgan fingerprint density at radius 1 is 1.19 bits per heavy atom. The van der Waals surface area contributed by atoms with Gasteiger partial charge >= 0.3 is 0 Å². The second-order valence-electron chi connectivity index (χ2n) is 7.77. The number of rotatable bonds is 3. The van der Waals surface area contributed by atoms with E-state index in [1.54, 1.807) is 30.6 Å². The van der Waals surface area contributed by atoms with Crippen LogP contribution in [-0.4, -0.2) is 44.2 Å². The number of aromatic amines is 1. The Hall–Kier alpha value is -3.29. The van der Waals surface area contributed by atoms with Crippen molar-refractivity contribution in [2.75, 3.05) is 18.0 Å². The molecule has 1 fully saturated rings. The van der Waals surface area contributed by atoms with Crippen molar-refractivity contribution in [1.82, 2.24) is 14.8 Å². The van der Waals surface area contributed by atoms with Crippen LogP contribution in [-0.2, 0) is 0 Å². The van der Waals surface area contributed by atoms with Crippen molar-refractivity contribution in [3.05, 3.63) is 70.2 Å². The van der Waals surface area contributed by atoms with E-state index in [2.05, 4.69) is 15.0 Å². The molecule has 3 heterocycles. The van der Waals surface area contributed by atoms with Crippen LogP contribution in [0.5, 0.6) is 5.75 Å². The molecule has 5 rings (SSSR count). The first-order valence-corrected chi connectivity index (χ1v) is 10.5. The third-order valence-electron chi connectivity index (χ3n) is 5.72. The lowest BCUT2D eigenvalue weighted by Gasteiger charge is -2.32. The molecule has 1 unspecified atom stereocenters. The van der Waals surface area contributed by atoms with Crippen molar-refractivity contribution in [2.45, 2.75) is 18.9 Å². The number of benzene rings is 2. The summed E-state index contributed by atoms with van der Waals surface area (Å²) in [6, 6.07) is 13.1. The molecule has 158 valence electrons. The molecule has 1 atom stereocenters. The van der Waals surface area contributed by atoms with Crippen LogP contribution in [0.2, 0.25) is 5.02 Å². The molecule has 0 amide bonds. The number of aromatic hydroxyl groups is 1. The molecule has 1 aliphatic heterocycles. The zero-order valence-corrected chi connectivity index (χ0v) is 17.4. The molecule has 7 nitrogen and oxygen atoms in total. The summed E-state index contributed by atoms with van der Waals surface area (Å²) in [4.78, 5) is 17.4. The number of aliphatic hydroxyl groups excluding tert-OH is 1. The van der Waals surface area contributed by atoms with E-state index in [1.807, 2.05) is 24.3 Å². The van der Waals surface area contributed by atoms with Crippen LogP contribution in [0.15, 0.2) is 59.7 Å². The number of hydrogen-bond acceptors (Lipinski definition) is 5. The number of β-amino-alcohol motifs (C(OH)–C–C–N with tert-alkyl or cyclic N) is 1. The Balaban J connectivity index is 1.57. The molecule has 31 heavy (non-hydrogen) atoms. The highest BCUT2D eigenvalue weighted by Gasteiger charge is 2.19. The number of nitrogens with one attached hydrogen (secondary N) is 1. The average molecular weight is 437 g/mol. The topological polar surface area (TPSA) is 94.4 Å². The van der Waals surface area contributed by atoms with Crippen molar-refractivity contribution >= 4 is 28.2 Å². The molecule has 2 aromatic carbocycles. The second-order valence-corrected chi connectivity index (χ2v) is 8.18. The monoisotopic (exact) mass is 436 g/mol. The molecule has 0 bridgehead atoms. The number of fused-ring (bicyclic) bond motifs is 1. The first-order valence-electron chi connectivity index (χ1n) is 10.1. The largest absolute Gasteiger partial charge is 0.505 e. The zero-order valence-electron chi connectivity index (χ0n) is 16.6. The fourth-order valence-corrected chi connectivity index (χ4v) is 4.44. The summed E-state index contributed by atoms with van der Waals surface area (Å²) in [6.45, 7) is 1.55. The number of aliphatic hydroxyl groups is 1. The van der Waals surface area contributed by atoms with E-state index in [9.17, 15) is 15.0 Å². The quantitative estimate of drug-likeness (QED) is 0.455. The molecule has 4 aromatic rings. The van der Waals surface area contributed by atoms with Crippen LogP contribution in [0, 0.1) is 0 Å². The second kappa shape index (κ2) is 7.76. The predicted octanol–water partition coefficient (Wildman–Crippen LogP) is 3.70. The molecule has 2 aromatic heterocycles. The highest BCUT2D eigenvalue weighted by Crippen LogP contribution is 2.36. The van der Waals surface area contributed by atoms with E-state index in [0.29, 0.717) is 22.5 Å². The van der Waals surface area contributed by atoms with Crippen molar-refractivity contribution in [1.29, 1.82) is 0 Å². The Kier molecular flexibility index (Phi) is 4.92. The van der Waals surface area contributed by atoms with Gasteiger partial charge in [-0.05, 0) is 48.7 Å². The molecule has 0 aliphatic carbocycles. The number of anilines is 1. The van der Waals surface area contributed by atoms with Gasteiger partial charge in [-0.1, -0.05) is 23.7 Å². The lowest BCUT2D eigenvalue weighted by molar-refractivity contribution is 0.154. The summed E-state index contributed by atoms with van der Waals surface area (Å²) >= 11 is 6.52. The van der Waals surface area contributed by atoms with Gasteiger partial charge in [0.1, 0.15) is 0 Å². The molecule has 0 saturated carbocycles. The van der Waals surface area contributed by atoms with Gasteiger partial charge < -0.3 is 20.1 Å². The van der Waals surface area contributed by atoms with E-state index in [-0.39, 0.29) is 17.5 Å². The smallest absolute Gasteiger partial charge is 0.278 e. The van der Waals surface area contributed by atoms with Gasteiger partial charge in [-0.25, -0.2) is 4.68 Å². The number of pyridine rings is 1. The summed E-state index contributed by atoms with van der Waals surface area (Å²) < 4.78 is 1.34. The fraction of sp³-hybridized carbons (Fsp3) is 0.217. The normalized spacial score (nSPS) is 16.7. The van der Waals surface area contributed by atoms with E-state index < -0.39 is 5.56 Å². The molecule has 3 N–H and O–H groups in total. The van der Waals surface area contributed by atoms with Crippen molar-refractivity contribution in [2.24, 2.45) is 0 Å². The average Bonchev–Trinajstić information content (AvgIpc) is 3.28. The van der Waals surface area contributed by atoms with Gasteiger partial charge in [0, 0.05) is 42.1 Å². The minimum absolute atomic E-state index is 0.0600. The Bertz CT molecular complexity index is 1300. The Morgan fingerprint density at radius 2 is 2.00 bits per heavy atom. The number of H-pyrrole nitrogens is 1. The zero-order chi connectivity index (χ0) is 21.5. The molecule has 0 spiro atoms. The van der Waals surface area contributed by atoms with Gasteiger partial charge in [0.05, 0.1) is 16.6 Å². The van der Waals surface area contributed by atoms with Crippen molar-refractivity contribution < 1.29 is 10.2 Å². The van der Waals surface area contributed by atoms with Gasteiger partial charge in [-0.3, -0.25) is 4.79 Å². The lowest BCUT2D eigenvalue weighted by Crippen LogP contribution is -2.38. The van der Waals surface area contributed by atoms with Crippen LogP contribution in [0.25, 0.3) is 27.7 Å². The standard InChI is InChI=1S/C23H21ClN4O3/c24-19-12-20-18(22(30)21(23(31)26-20)28-10-2-8-25-28)11-17(19)14-4-6-15(7-5-14)27-9-1-3-16(29)13-27/h2,4-8,10-12,16,29H,1,3,9,13H2,(H2,26,30,31). The molecular formula is C23H21ClN4O3. The van der Waals surface area contributed by atoms with Crippen LogP contribution in [0.4, 0.5) is 5.69 Å². The maximum Gasteiger partial charge on any atom is 0.278 e. The molecular weight excluding hydrogens is 416 g/mol. The summed E-state index contributed by atoms with van der Waals surface area (Å²) in [7, 11) is 0. The van der Waals surface area contributed by atoms with E-state index in [4.69, 9.17) is 11.6 Å². The summed E-state index contributed by atoms with van der Waals surface area (Å²) in [5.74, 6) is -0.153. The number of nitrogens with zero attached hydrogens (tertiary/aromatic N) is 3. The van der Waals surface area contributed by atoms with Gasteiger partial charge in [0.25, 0.3) is 5.56 Å². The van der Waals surface area contributed by atoms with Gasteiger partial charge in [0.15, 0.2) is 11.4 Å². The van der Waals surface area contributed by atoms with Crippen LogP contribution in [0.1, 0.15) is 12.8 Å². The van der Waals surface area contributed by atoms with Crippen LogP contribution < -0.4 is 10.5 Å². The van der Waals surface area contributed by atoms with Crippen molar-refractivity contribution in [3.63, 3.8) is 0 Å². The summed E-state index contributed by atoms with van der Waals surface area (Å²) in [5, 5.41) is 25.8. The first-order chi connectivity index (χ1) is 15.0. The Morgan fingerprint density at radius 3 is 2.71 bits per heavy atom. The number of halogens is 1. The first kappa shape index (κ1) is 19.7. The molecule has 8 heteroatoms. The maximum absolute atomic E-state index is 12.5. The van der Waals surface area contributed by atoms with Crippen LogP contribution >= 0.6 is 11.6 Å². The number of aromatic nitrogens is 3. The van der Waals surface area contributed by atoms with E-state index >= 15 is 0 Å². The van der Waals surface area contributed by atoms with E-state index in [1.165, 1.54) is 4.68 Å². The predicted molar refractivity (Wildman–Crippen MR) is 121 cm³/mol. The van der Waals surface area contributed by atoms with Crippen LogP contribution in [0.3, 0.4) is 0 Å². The van der Waals surface area contributed by atoms with Gasteiger partial charge in [-0.15, -0.1) is 0 Å².